The fraction of sp³-hybridized carbons (Fsp3) is 0.0938. The van der Waals surface area contributed by atoms with Crippen LogP contribution in [0.2, 0.25) is 0 Å². The Morgan fingerprint density at radius 2 is 1.62 bits per heavy atom. The second-order valence-electron chi connectivity index (χ2n) is 9.59. The average molecular weight is 568 g/mol. The Bertz CT molecular complexity index is 1900. The van der Waals surface area contributed by atoms with E-state index in [9.17, 15) is 18.0 Å². The number of nitrogens with zero attached hydrogens (tertiary/aromatic N) is 3. The summed E-state index contributed by atoms with van der Waals surface area (Å²) >= 11 is 0. The molecule has 1 amide bonds. The lowest BCUT2D eigenvalue weighted by Crippen LogP contribution is -2.38. The third kappa shape index (κ3) is 5.27. The summed E-state index contributed by atoms with van der Waals surface area (Å²) in [6.07, 6.45) is -3.12. The number of hydrogen-bond acceptors (Lipinski definition) is 6. The van der Waals surface area contributed by atoms with Crippen LogP contribution in [0.1, 0.15) is 5.56 Å². The molecule has 6 rings (SSSR count). The number of alkyl halides is 3. The SMILES string of the molecule is NCCc1ccc(N(C(=O)C(F)(F)F)c2cccc(Nc3cc(-c4cccc5c4oc4ccccc45)ncn3)c2)cc1. The molecule has 0 spiro atoms. The van der Waals surface area contributed by atoms with Gasteiger partial charge in [0.2, 0.25) is 0 Å². The van der Waals surface area contributed by atoms with Crippen molar-refractivity contribution < 1.29 is 22.4 Å². The molecular formula is C32H24F3N5O2. The van der Waals surface area contributed by atoms with Gasteiger partial charge in [-0.25, -0.2) is 9.97 Å². The standard InChI is InChI=1S/C32H24F3N5O2/c33-32(34,35)31(41)40(22-13-11-20(12-14-22)15-16-36)23-6-3-5-21(17-23)39-29-18-27(37-19-38-29)26-9-4-8-25-24-7-1-2-10-28(24)42-30(25)26/h1-14,17-19H,15-16,36H2,(H,37,38,39). The predicted octanol–water partition coefficient (Wildman–Crippen LogP) is 7.51. The van der Waals surface area contributed by atoms with Gasteiger partial charge in [-0.15, -0.1) is 0 Å². The van der Waals surface area contributed by atoms with Crippen molar-refractivity contribution in [1.29, 1.82) is 0 Å². The van der Waals surface area contributed by atoms with Crippen LogP contribution in [0.15, 0.2) is 108 Å². The van der Waals surface area contributed by atoms with E-state index in [0.717, 1.165) is 27.5 Å². The minimum Gasteiger partial charge on any atom is -0.455 e. The van der Waals surface area contributed by atoms with Gasteiger partial charge in [0.1, 0.15) is 23.3 Å². The number of nitrogens with two attached hydrogens (primary N) is 1. The summed E-state index contributed by atoms with van der Waals surface area (Å²) in [6.45, 7) is 0.399. The predicted molar refractivity (Wildman–Crippen MR) is 157 cm³/mol. The van der Waals surface area contributed by atoms with E-state index in [4.69, 9.17) is 10.2 Å². The fourth-order valence-electron chi connectivity index (χ4n) is 4.88. The average Bonchev–Trinajstić information content (AvgIpc) is 3.37. The molecule has 0 saturated carbocycles. The van der Waals surface area contributed by atoms with Crippen molar-refractivity contribution in [2.75, 3.05) is 16.8 Å². The number of halogens is 3. The number of aromatic nitrogens is 2. The molecule has 0 aliphatic rings. The zero-order valence-corrected chi connectivity index (χ0v) is 22.1. The van der Waals surface area contributed by atoms with Gasteiger partial charge in [-0.2, -0.15) is 13.2 Å². The molecule has 0 aliphatic heterocycles. The van der Waals surface area contributed by atoms with Gasteiger partial charge in [0, 0.05) is 33.8 Å². The van der Waals surface area contributed by atoms with Crippen LogP contribution in [0.25, 0.3) is 33.2 Å². The van der Waals surface area contributed by atoms with Crippen LogP contribution in [0, 0.1) is 0 Å². The number of rotatable bonds is 7. The van der Waals surface area contributed by atoms with Crippen LogP contribution in [-0.2, 0) is 11.2 Å². The van der Waals surface area contributed by atoms with E-state index < -0.39 is 12.1 Å². The van der Waals surface area contributed by atoms with Crippen LogP contribution >= 0.6 is 0 Å². The molecule has 2 aromatic heterocycles. The summed E-state index contributed by atoms with van der Waals surface area (Å²) in [4.78, 5) is 21.9. The number of amides is 1. The van der Waals surface area contributed by atoms with Crippen LogP contribution in [-0.4, -0.2) is 28.6 Å². The van der Waals surface area contributed by atoms with Crippen LogP contribution in [0.4, 0.5) is 36.1 Å². The molecule has 0 aliphatic carbocycles. The van der Waals surface area contributed by atoms with Gasteiger partial charge in [0.15, 0.2) is 0 Å². The molecule has 210 valence electrons. The van der Waals surface area contributed by atoms with Gasteiger partial charge in [0.05, 0.1) is 11.4 Å². The maximum atomic E-state index is 13.7. The van der Waals surface area contributed by atoms with Crippen LogP contribution in [0.3, 0.4) is 0 Å². The second kappa shape index (κ2) is 11.0. The summed E-state index contributed by atoms with van der Waals surface area (Å²) < 4.78 is 47.1. The summed E-state index contributed by atoms with van der Waals surface area (Å²) in [5, 5.41) is 5.07. The first-order valence-corrected chi connectivity index (χ1v) is 13.1. The van der Waals surface area contributed by atoms with Crippen molar-refractivity contribution in [3.63, 3.8) is 0 Å². The van der Waals surface area contributed by atoms with E-state index >= 15 is 0 Å². The van der Waals surface area contributed by atoms with Crippen molar-refractivity contribution >= 4 is 50.7 Å². The molecule has 2 heterocycles. The first-order chi connectivity index (χ1) is 20.3. The fourth-order valence-corrected chi connectivity index (χ4v) is 4.88. The number of furan rings is 1. The number of hydrogen-bond donors (Lipinski definition) is 2. The largest absolute Gasteiger partial charge is 0.472 e. The Morgan fingerprint density at radius 3 is 2.40 bits per heavy atom. The highest BCUT2D eigenvalue weighted by Gasteiger charge is 2.43. The molecule has 3 N–H and O–H groups in total. The van der Waals surface area contributed by atoms with Gasteiger partial charge >= 0.3 is 12.1 Å². The minimum atomic E-state index is -5.08. The molecular weight excluding hydrogens is 543 g/mol. The zero-order valence-electron chi connectivity index (χ0n) is 22.1. The van der Waals surface area contributed by atoms with Crippen molar-refractivity contribution in [3.05, 3.63) is 109 Å². The molecule has 0 unspecified atom stereocenters. The number of nitrogens with one attached hydrogen (secondary N) is 1. The molecule has 0 bridgehead atoms. The first kappa shape index (κ1) is 27.0. The van der Waals surface area contributed by atoms with Crippen LogP contribution in [0.5, 0.6) is 0 Å². The van der Waals surface area contributed by atoms with E-state index in [0.29, 0.717) is 40.6 Å². The third-order valence-corrected chi connectivity index (χ3v) is 6.80. The Hall–Kier alpha value is -5.22. The third-order valence-electron chi connectivity index (χ3n) is 6.80. The minimum absolute atomic E-state index is 0.0372. The molecule has 7 nitrogen and oxygen atoms in total. The smallest absolute Gasteiger partial charge is 0.455 e. The quantitative estimate of drug-likeness (QED) is 0.207. The van der Waals surface area contributed by atoms with E-state index in [1.54, 1.807) is 30.3 Å². The summed E-state index contributed by atoms with van der Waals surface area (Å²) in [7, 11) is 0. The topological polar surface area (TPSA) is 97.3 Å². The number of carbonyl (C=O) groups excluding carboxylic acids is 1. The normalized spacial score (nSPS) is 11.6. The van der Waals surface area contributed by atoms with E-state index in [2.05, 4.69) is 15.3 Å². The summed E-state index contributed by atoms with van der Waals surface area (Å²) in [5.41, 5.74) is 9.80. The Morgan fingerprint density at radius 1 is 0.857 bits per heavy atom. The number of fused-ring (bicyclic) bond motifs is 3. The van der Waals surface area contributed by atoms with Crippen molar-refractivity contribution in [1.82, 2.24) is 9.97 Å². The molecule has 0 radical (unpaired) electrons. The molecule has 0 atom stereocenters. The van der Waals surface area contributed by atoms with Gasteiger partial charge < -0.3 is 15.5 Å². The lowest BCUT2D eigenvalue weighted by molar-refractivity contribution is -0.169. The maximum absolute atomic E-state index is 13.7. The van der Waals surface area contributed by atoms with Gasteiger partial charge in [0.25, 0.3) is 0 Å². The van der Waals surface area contributed by atoms with Gasteiger partial charge in [-0.3, -0.25) is 9.69 Å². The highest BCUT2D eigenvalue weighted by Crippen LogP contribution is 2.36. The van der Waals surface area contributed by atoms with Gasteiger partial charge in [-0.1, -0.05) is 48.5 Å². The molecule has 6 aromatic rings. The molecule has 10 heteroatoms. The highest BCUT2D eigenvalue weighted by molar-refractivity contribution is 6.09. The zero-order chi connectivity index (χ0) is 29.3. The Balaban J connectivity index is 1.33. The first-order valence-electron chi connectivity index (χ1n) is 13.1. The van der Waals surface area contributed by atoms with E-state index in [1.807, 2.05) is 42.5 Å². The summed E-state index contributed by atoms with van der Waals surface area (Å²) in [6, 6.07) is 27.7. The maximum Gasteiger partial charge on any atom is 0.472 e. The molecule has 42 heavy (non-hydrogen) atoms. The van der Waals surface area contributed by atoms with Crippen molar-refractivity contribution in [2.24, 2.45) is 5.73 Å². The summed E-state index contributed by atoms with van der Waals surface area (Å²) in [5.74, 6) is -1.60. The van der Waals surface area contributed by atoms with E-state index in [1.165, 1.54) is 30.6 Å². The van der Waals surface area contributed by atoms with E-state index in [-0.39, 0.29) is 11.4 Å². The molecule has 4 aromatic carbocycles. The lowest BCUT2D eigenvalue weighted by Gasteiger charge is -2.25. The Kier molecular flexibility index (Phi) is 7.05. The number of anilines is 4. The highest BCUT2D eigenvalue weighted by atomic mass is 19.4. The number of carbonyl (C=O) groups is 1. The molecule has 0 fully saturated rings. The number of para-hydroxylation sites is 2. The monoisotopic (exact) mass is 567 g/mol. The Labute approximate surface area is 238 Å². The van der Waals surface area contributed by atoms with Crippen LogP contribution < -0.4 is 16.0 Å². The van der Waals surface area contributed by atoms with Crippen molar-refractivity contribution in [2.45, 2.75) is 12.6 Å². The van der Waals surface area contributed by atoms with Crippen molar-refractivity contribution in [3.8, 4) is 11.3 Å². The lowest BCUT2D eigenvalue weighted by atomic mass is 10.1. The van der Waals surface area contributed by atoms with Gasteiger partial charge in [-0.05, 0) is 61.0 Å². The second-order valence-corrected chi connectivity index (χ2v) is 9.59. The number of benzene rings is 4. The molecule has 0 saturated heterocycles.